The molecule has 0 saturated carbocycles. The standard InChI is InChI=1S/C19H27N5O3S/c1-26-14-8-9-15(16(12-14)27-2)18-21-22-19(24(18)20)28-13-17(25)23-10-6-4-3-5-7-11-23/h8-9,12H,3-7,10-11,13,20H2,1-2H3. The SMILES string of the molecule is COc1ccc(-c2nnc(SCC(=O)N3CCCCCCC3)n2N)c(OC)c1. The second kappa shape index (κ2) is 9.68. The fourth-order valence-electron chi connectivity index (χ4n) is 3.26. The molecular formula is C19H27N5O3S. The van der Waals surface area contributed by atoms with Gasteiger partial charge in [-0.25, -0.2) is 4.68 Å². The van der Waals surface area contributed by atoms with Gasteiger partial charge in [-0.2, -0.15) is 0 Å². The van der Waals surface area contributed by atoms with Gasteiger partial charge < -0.3 is 20.2 Å². The molecule has 0 spiro atoms. The van der Waals surface area contributed by atoms with Crippen LogP contribution in [0.15, 0.2) is 23.4 Å². The number of hydrogen-bond acceptors (Lipinski definition) is 7. The maximum atomic E-state index is 12.6. The molecule has 2 aromatic rings. The molecule has 1 aliphatic rings. The van der Waals surface area contributed by atoms with Gasteiger partial charge in [0.05, 0.1) is 25.5 Å². The van der Waals surface area contributed by atoms with Crippen molar-refractivity contribution in [3.05, 3.63) is 18.2 Å². The lowest BCUT2D eigenvalue weighted by Gasteiger charge is -2.24. The highest BCUT2D eigenvalue weighted by molar-refractivity contribution is 7.99. The van der Waals surface area contributed by atoms with E-state index >= 15 is 0 Å². The van der Waals surface area contributed by atoms with Gasteiger partial charge in [-0.15, -0.1) is 10.2 Å². The van der Waals surface area contributed by atoms with Gasteiger partial charge in [0.1, 0.15) is 11.5 Å². The number of hydrogen-bond donors (Lipinski definition) is 1. The van der Waals surface area contributed by atoms with Gasteiger partial charge in [-0.1, -0.05) is 31.0 Å². The van der Waals surface area contributed by atoms with Crippen LogP contribution in [0.5, 0.6) is 11.5 Å². The number of carbonyl (C=O) groups is 1. The van der Waals surface area contributed by atoms with Crippen LogP contribution in [-0.4, -0.2) is 58.7 Å². The number of nitrogen functional groups attached to an aromatic ring is 1. The Morgan fingerprint density at radius 3 is 2.50 bits per heavy atom. The minimum Gasteiger partial charge on any atom is -0.497 e. The predicted octanol–water partition coefficient (Wildman–Crippen LogP) is 2.56. The molecule has 9 heteroatoms. The summed E-state index contributed by atoms with van der Waals surface area (Å²) in [5, 5.41) is 8.84. The summed E-state index contributed by atoms with van der Waals surface area (Å²) < 4.78 is 12.0. The van der Waals surface area contributed by atoms with E-state index in [9.17, 15) is 4.79 Å². The number of benzene rings is 1. The summed E-state index contributed by atoms with van der Waals surface area (Å²) >= 11 is 1.31. The zero-order valence-electron chi connectivity index (χ0n) is 16.4. The highest BCUT2D eigenvalue weighted by Crippen LogP contribution is 2.33. The number of carbonyl (C=O) groups excluding carboxylic acids is 1. The Hall–Kier alpha value is -2.42. The first-order valence-corrected chi connectivity index (χ1v) is 10.5. The molecule has 152 valence electrons. The molecule has 8 nitrogen and oxygen atoms in total. The summed E-state index contributed by atoms with van der Waals surface area (Å²) in [6, 6.07) is 5.40. The van der Waals surface area contributed by atoms with E-state index in [1.807, 2.05) is 17.0 Å². The highest BCUT2D eigenvalue weighted by Gasteiger charge is 2.20. The van der Waals surface area contributed by atoms with Crippen LogP contribution in [0, 0.1) is 0 Å². The molecule has 1 aromatic heterocycles. The number of thioether (sulfide) groups is 1. The zero-order valence-corrected chi connectivity index (χ0v) is 17.2. The summed E-state index contributed by atoms with van der Waals surface area (Å²) in [5.74, 6) is 8.36. The molecule has 0 atom stereocenters. The Morgan fingerprint density at radius 1 is 1.11 bits per heavy atom. The number of methoxy groups -OCH3 is 2. The third kappa shape index (κ3) is 4.70. The van der Waals surface area contributed by atoms with E-state index in [0.717, 1.165) is 25.9 Å². The second-order valence-corrected chi connectivity index (χ2v) is 7.62. The fourth-order valence-corrected chi connectivity index (χ4v) is 4.02. The molecule has 1 saturated heterocycles. The molecule has 0 radical (unpaired) electrons. The van der Waals surface area contributed by atoms with Gasteiger partial charge in [0, 0.05) is 19.2 Å². The van der Waals surface area contributed by atoms with Gasteiger partial charge >= 0.3 is 0 Å². The van der Waals surface area contributed by atoms with E-state index in [-0.39, 0.29) is 5.91 Å². The predicted molar refractivity (Wildman–Crippen MR) is 109 cm³/mol. The third-order valence-corrected chi connectivity index (χ3v) is 5.78. The molecule has 1 aliphatic heterocycles. The summed E-state index contributed by atoms with van der Waals surface area (Å²) in [6.07, 6.45) is 5.81. The maximum absolute atomic E-state index is 12.6. The lowest BCUT2D eigenvalue weighted by atomic mass is 10.1. The minimum atomic E-state index is 0.124. The smallest absolute Gasteiger partial charge is 0.233 e. The van der Waals surface area contributed by atoms with Crippen LogP contribution in [-0.2, 0) is 4.79 Å². The van der Waals surface area contributed by atoms with Crippen molar-refractivity contribution in [1.29, 1.82) is 0 Å². The summed E-state index contributed by atoms with van der Waals surface area (Å²) in [4.78, 5) is 14.5. The van der Waals surface area contributed by atoms with Crippen molar-refractivity contribution in [2.75, 3.05) is 38.9 Å². The number of amides is 1. The Balaban J connectivity index is 1.69. The molecule has 2 heterocycles. The van der Waals surface area contributed by atoms with Crippen molar-refractivity contribution in [1.82, 2.24) is 19.8 Å². The number of likely N-dealkylation sites (tertiary alicyclic amines) is 1. The van der Waals surface area contributed by atoms with Gasteiger partial charge in [0.15, 0.2) is 5.82 Å². The van der Waals surface area contributed by atoms with Crippen LogP contribution in [0.25, 0.3) is 11.4 Å². The highest BCUT2D eigenvalue weighted by atomic mass is 32.2. The lowest BCUT2D eigenvalue weighted by molar-refractivity contribution is -0.128. The van der Waals surface area contributed by atoms with E-state index in [1.54, 1.807) is 20.3 Å². The Bertz CT molecular complexity index is 803. The van der Waals surface area contributed by atoms with Crippen molar-refractivity contribution < 1.29 is 14.3 Å². The van der Waals surface area contributed by atoms with Crippen LogP contribution >= 0.6 is 11.8 Å². The van der Waals surface area contributed by atoms with Crippen LogP contribution in [0.3, 0.4) is 0 Å². The van der Waals surface area contributed by atoms with E-state index < -0.39 is 0 Å². The van der Waals surface area contributed by atoms with Crippen LogP contribution < -0.4 is 15.3 Å². The van der Waals surface area contributed by atoms with Crippen molar-refractivity contribution in [2.24, 2.45) is 0 Å². The van der Waals surface area contributed by atoms with Gasteiger partial charge in [-0.3, -0.25) is 4.79 Å². The molecule has 3 rings (SSSR count). The molecule has 1 aromatic carbocycles. The van der Waals surface area contributed by atoms with Gasteiger partial charge in [0.25, 0.3) is 0 Å². The first-order valence-electron chi connectivity index (χ1n) is 9.47. The number of nitrogens with two attached hydrogens (primary N) is 1. The van der Waals surface area contributed by atoms with Crippen molar-refractivity contribution in [3.63, 3.8) is 0 Å². The first-order chi connectivity index (χ1) is 13.6. The lowest BCUT2D eigenvalue weighted by Crippen LogP contribution is -2.35. The Labute approximate surface area is 169 Å². The molecule has 0 bridgehead atoms. The van der Waals surface area contributed by atoms with E-state index in [4.69, 9.17) is 15.3 Å². The average molecular weight is 406 g/mol. The van der Waals surface area contributed by atoms with Crippen LogP contribution in [0.4, 0.5) is 0 Å². The molecule has 28 heavy (non-hydrogen) atoms. The Kier molecular flexibility index (Phi) is 7.02. The van der Waals surface area contributed by atoms with Gasteiger partial charge in [0.2, 0.25) is 11.1 Å². The second-order valence-electron chi connectivity index (χ2n) is 6.68. The molecule has 1 fully saturated rings. The number of aromatic nitrogens is 3. The quantitative estimate of drug-likeness (QED) is 0.583. The van der Waals surface area contributed by atoms with Crippen LogP contribution in [0.1, 0.15) is 32.1 Å². The number of ether oxygens (including phenoxy) is 2. The van der Waals surface area contributed by atoms with E-state index in [1.165, 1.54) is 35.7 Å². The first kappa shape index (κ1) is 20.3. The summed E-state index contributed by atoms with van der Waals surface area (Å²) in [5.41, 5.74) is 0.709. The number of nitrogens with zero attached hydrogens (tertiary/aromatic N) is 4. The third-order valence-electron chi connectivity index (χ3n) is 4.85. The molecular weight excluding hydrogens is 378 g/mol. The van der Waals surface area contributed by atoms with Crippen molar-refractivity contribution >= 4 is 17.7 Å². The minimum absolute atomic E-state index is 0.124. The van der Waals surface area contributed by atoms with Crippen molar-refractivity contribution in [3.8, 4) is 22.9 Å². The fraction of sp³-hybridized carbons (Fsp3) is 0.526. The molecule has 0 aliphatic carbocycles. The maximum Gasteiger partial charge on any atom is 0.233 e. The van der Waals surface area contributed by atoms with E-state index in [0.29, 0.717) is 33.8 Å². The van der Waals surface area contributed by atoms with Crippen LogP contribution in [0.2, 0.25) is 0 Å². The summed E-state index contributed by atoms with van der Waals surface area (Å²) in [6.45, 7) is 1.67. The monoisotopic (exact) mass is 405 g/mol. The summed E-state index contributed by atoms with van der Waals surface area (Å²) in [7, 11) is 3.17. The van der Waals surface area contributed by atoms with E-state index in [2.05, 4.69) is 10.2 Å². The van der Waals surface area contributed by atoms with Crippen molar-refractivity contribution in [2.45, 2.75) is 37.3 Å². The Morgan fingerprint density at radius 2 is 1.82 bits per heavy atom. The zero-order chi connectivity index (χ0) is 19.9. The van der Waals surface area contributed by atoms with Gasteiger partial charge in [-0.05, 0) is 25.0 Å². The largest absolute Gasteiger partial charge is 0.497 e. The topological polar surface area (TPSA) is 95.5 Å². The average Bonchev–Trinajstić information content (AvgIpc) is 3.05. The molecule has 2 N–H and O–H groups in total. The number of rotatable bonds is 6. The molecule has 0 unspecified atom stereocenters. The normalized spacial score (nSPS) is 15.0. The molecule has 1 amide bonds.